The maximum absolute atomic E-state index is 12.3. The number of aliphatic hydroxyl groups excluding tert-OH is 1. The molecule has 0 radical (unpaired) electrons. The van der Waals surface area contributed by atoms with Crippen LogP contribution in [0.4, 0.5) is 0 Å². The molecule has 0 spiro atoms. The van der Waals surface area contributed by atoms with E-state index in [4.69, 9.17) is 0 Å². The van der Waals surface area contributed by atoms with Crippen molar-refractivity contribution in [3.8, 4) is 11.1 Å². The lowest BCUT2D eigenvalue weighted by Crippen LogP contribution is -2.38. The molecule has 0 bridgehead atoms. The third-order valence-corrected chi connectivity index (χ3v) is 4.60. The lowest BCUT2D eigenvalue weighted by atomic mass is 9.98. The van der Waals surface area contributed by atoms with Crippen molar-refractivity contribution in [2.24, 2.45) is 5.92 Å². The summed E-state index contributed by atoms with van der Waals surface area (Å²) in [6.07, 6.45) is 5.31. The fourth-order valence-corrected chi connectivity index (χ4v) is 3.06. The Hall–Kier alpha value is -2.39. The number of amides is 1. The number of hydrogen-bond acceptors (Lipinski definition) is 2. The summed E-state index contributed by atoms with van der Waals surface area (Å²) in [5, 5.41) is 9.17. The SMILES string of the molecule is O=C(/C=C/c1cccc(-c2ccccc2)c1)N1CCC(CO)CC1. The monoisotopic (exact) mass is 321 g/mol. The number of carbonyl (C=O) groups is 1. The summed E-state index contributed by atoms with van der Waals surface area (Å²) in [5.41, 5.74) is 3.34. The van der Waals surface area contributed by atoms with E-state index < -0.39 is 0 Å². The van der Waals surface area contributed by atoms with Crippen LogP contribution in [0.25, 0.3) is 17.2 Å². The number of rotatable bonds is 4. The van der Waals surface area contributed by atoms with Crippen molar-refractivity contribution in [2.75, 3.05) is 19.7 Å². The highest BCUT2D eigenvalue weighted by atomic mass is 16.3. The van der Waals surface area contributed by atoms with E-state index in [-0.39, 0.29) is 12.5 Å². The lowest BCUT2D eigenvalue weighted by molar-refractivity contribution is -0.127. The average Bonchev–Trinajstić information content (AvgIpc) is 2.67. The molecule has 124 valence electrons. The lowest BCUT2D eigenvalue weighted by Gasteiger charge is -2.30. The zero-order valence-corrected chi connectivity index (χ0v) is 13.8. The first-order valence-electron chi connectivity index (χ1n) is 8.49. The predicted molar refractivity (Wildman–Crippen MR) is 97.3 cm³/mol. The zero-order valence-electron chi connectivity index (χ0n) is 13.8. The van der Waals surface area contributed by atoms with Crippen LogP contribution in [-0.4, -0.2) is 35.6 Å². The van der Waals surface area contributed by atoms with Crippen molar-refractivity contribution in [3.05, 3.63) is 66.2 Å². The summed E-state index contributed by atoms with van der Waals surface area (Å²) in [5.74, 6) is 0.400. The van der Waals surface area contributed by atoms with E-state index in [1.165, 1.54) is 5.56 Å². The molecule has 1 saturated heterocycles. The van der Waals surface area contributed by atoms with E-state index in [9.17, 15) is 9.90 Å². The van der Waals surface area contributed by atoms with Crippen LogP contribution in [0.15, 0.2) is 60.7 Å². The summed E-state index contributed by atoms with van der Waals surface area (Å²) >= 11 is 0. The molecule has 2 aromatic carbocycles. The van der Waals surface area contributed by atoms with Crippen molar-refractivity contribution in [3.63, 3.8) is 0 Å². The predicted octanol–water partition coefficient (Wildman–Crippen LogP) is 3.60. The van der Waals surface area contributed by atoms with Crippen molar-refractivity contribution < 1.29 is 9.90 Å². The van der Waals surface area contributed by atoms with Gasteiger partial charge in [0.2, 0.25) is 5.91 Å². The van der Waals surface area contributed by atoms with E-state index in [0.717, 1.165) is 37.1 Å². The molecule has 24 heavy (non-hydrogen) atoms. The molecule has 0 unspecified atom stereocenters. The molecule has 1 aliphatic rings. The molecule has 3 nitrogen and oxygen atoms in total. The molecule has 1 aliphatic heterocycles. The maximum Gasteiger partial charge on any atom is 0.246 e. The molecular weight excluding hydrogens is 298 g/mol. The minimum atomic E-state index is 0.0523. The first-order chi connectivity index (χ1) is 11.8. The maximum atomic E-state index is 12.3. The topological polar surface area (TPSA) is 40.5 Å². The van der Waals surface area contributed by atoms with Gasteiger partial charge in [-0.1, -0.05) is 48.5 Å². The van der Waals surface area contributed by atoms with Gasteiger partial charge >= 0.3 is 0 Å². The van der Waals surface area contributed by atoms with Gasteiger partial charge in [0.15, 0.2) is 0 Å². The molecule has 1 amide bonds. The van der Waals surface area contributed by atoms with Gasteiger partial charge in [-0.2, -0.15) is 0 Å². The Labute approximate surface area is 143 Å². The van der Waals surface area contributed by atoms with E-state index in [1.807, 2.05) is 41.3 Å². The largest absolute Gasteiger partial charge is 0.396 e. The minimum Gasteiger partial charge on any atom is -0.396 e. The second-order valence-corrected chi connectivity index (χ2v) is 6.28. The second kappa shape index (κ2) is 7.93. The van der Waals surface area contributed by atoms with Gasteiger partial charge in [0.1, 0.15) is 0 Å². The van der Waals surface area contributed by atoms with Crippen molar-refractivity contribution in [2.45, 2.75) is 12.8 Å². The molecule has 0 atom stereocenters. The Kier molecular flexibility index (Phi) is 5.44. The number of benzene rings is 2. The van der Waals surface area contributed by atoms with Gasteiger partial charge in [-0.05, 0) is 47.6 Å². The smallest absolute Gasteiger partial charge is 0.246 e. The highest BCUT2D eigenvalue weighted by molar-refractivity contribution is 5.92. The van der Waals surface area contributed by atoms with Crippen molar-refractivity contribution >= 4 is 12.0 Å². The van der Waals surface area contributed by atoms with Crippen LogP contribution in [0.3, 0.4) is 0 Å². The summed E-state index contributed by atoms with van der Waals surface area (Å²) < 4.78 is 0. The van der Waals surface area contributed by atoms with Crippen LogP contribution in [0.2, 0.25) is 0 Å². The molecule has 2 aromatic rings. The summed E-state index contributed by atoms with van der Waals surface area (Å²) in [6, 6.07) is 18.4. The Morgan fingerprint density at radius 3 is 2.46 bits per heavy atom. The molecular formula is C21H23NO2. The van der Waals surface area contributed by atoms with Crippen LogP contribution in [0.5, 0.6) is 0 Å². The number of carbonyl (C=O) groups excluding carboxylic acids is 1. The Morgan fingerprint density at radius 2 is 1.75 bits per heavy atom. The van der Waals surface area contributed by atoms with Gasteiger partial charge in [-0.3, -0.25) is 4.79 Å². The molecule has 0 aromatic heterocycles. The van der Waals surface area contributed by atoms with E-state index in [2.05, 4.69) is 24.3 Å². The van der Waals surface area contributed by atoms with Gasteiger partial charge < -0.3 is 10.0 Å². The Bertz CT molecular complexity index is 701. The van der Waals surface area contributed by atoms with Crippen LogP contribution >= 0.6 is 0 Å². The molecule has 1 heterocycles. The minimum absolute atomic E-state index is 0.0523. The summed E-state index contributed by atoms with van der Waals surface area (Å²) in [7, 11) is 0. The number of hydrogen-bond donors (Lipinski definition) is 1. The number of aliphatic hydroxyl groups is 1. The normalized spacial score (nSPS) is 15.8. The quantitative estimate of drug-likeness (QED) is 0.874. The van der Waals surface area contributed by atoms with Gasteiger partial charge in [0.25, 0.3) is 0 Å². The highest BCUT2D eigenvalue weighted by Gasteiger charge is 2.20. The fraction of sp³-hybridized carbons (Fsp3) is 0.286. The summed E-state index contributed by atoms with van der Waals surface area (Å²) in [6.45, 7) is 1.70. The van der Waals surface area contributed by atoms with Gasteiger partial charge in [-0.25, -0.2) is 0 Å². The Balaban J connectivity index is 1.65. The number of piperidine rings is 1. The van der Waals surface area contributed by atoms with E-state index in [1.54, 1.807) is 6.08 Å². The van der Waals surface area contributed by atoms with Crippen molar-refractivity contribution in [1.29, 1.82) is 0 Å². The molecule has 1 fully saturated rings. The Morgan fingerprint density at radius 1 is 1.04 bits per heavy atom. The molecule has 0 saturated carbocycles. The van der Waals surface area contributed by atoms with E-state index >= 15 is 0 Å². The van der Waals surface area contributed by atoms with Gasteiger partial charge in [0.05, 0.1) is 0 Å². The third-order valence-electron chi connectivity index (χ3n) is 4.60. The molecule has 0 aliphatic carbocycles. The zero-order chi connectivity index (χ0) is 16.8. The summed E-state index contributed by atoms with van der Waals surface area (Å²) in [4.78, 5) is 14.2. The van der Waals surface area contributed by atoms with E-state index in [0.29, 0.717) is 5.92 Å². The van der Waals surface area contributed by atoms with Gasteiger partial charge in [0, 0.05) is 25.8 Å². The molecule has 3 heteroatoms. The first-order valence-corrected chi connectivity index (χ1v) is 8.49. The van der Waals surface area contributed by atoms with Crippen LogP contribution in [0.1, 0.15) is 18.4 Å². The van der Waals surface area contributed by atoms with Crippen LogP contribution in [-0.2, 0) is 4.79 Å². The first kappa shape index (κ1) is 16.5. The third kappa shape index (κ3) is 4.12. The van der Waals surface area contributed by atoms with Crippen LogP contribution in [0, 0.1) is 5.92 Å². The molecule has 3 rings (SSSR count). The fourth-order valence-electron chi connectivity index (χ4n) is 3.06. The number of likely N-dealkylation sites (tertiary alicyclic amines) is 1. The standard InChI is InChI=1S/C21H23NO2/c23-16-18-11-13-22(14-12-18)21(24)10-9-17-5-4-8-20(15-17)19-6-2-1-3-7-19/h1-10,15,18,23H,11-14,16H2/b10-9+. The van der Waals surface area contributed by atoms with Crippen molar-refractivity contribution in [1.82, 2.24) is 4.90 Å². The molecule has 1 N–H and O–H groups in total. The number of nitrogens with zero attached hydrogens (tertiary/aromatic N) is 1. The van der Waals surface area contributed by atoms with Gasteiger partial charge in [-0.15, -0.1) is 0 Å². The highest BCUT2D eigenvalue weighted by Crippen LogP contribution is 2.21. The van der Waals surface area contributed by atoms with Crippen LogP contribution < -0.4 is 0 Å². The second-order valence-electron chi connectivity index (χ2n) is 6.28. The average molecular weight is 321 g/mol.